The summed E-state index contributed by atoms with van der Waals surface area (Å²) in [5.41, 5.74) is 1.31. The summed E-state index contributed by atoms with van der Waals surface area (Å²) < 4.78 is 0. The third kappa shape index (κ3) is 1.95. The first-order valence-corrected chi connectivity index (χ1v) is 7.87. The Bertz CT molecular complexity index is 1060. The van der Waals surface area contributed by atoms with Gasteiger partial charge in [0.25, 0.3) is 0 Å². The van der Waals surface area contributed by atoms with Crippen LogP contribution in [0.15, 0.2) is 54.6 Å². The summed E-state index contributed by atoms with van der Waals surface area (Å²) in [5, 5.41) is 26.3. The van der Waals surface area contributed by atoms with E-state index in [2.05, 4.69) is 44.2 Å². The summed E-state index contributed by atoms with van der Waals surface area (Å²) in [4.78, 5) is 0. The van der Waals surface area contributed by atoms with Crippen LogP contribution < -0.4 is 0 Å². The zero-order chi connectivity index (χ0) is 16.1. The highest BCUT2D eigenvalue weighted by Gasteiger charge is 2.13. The molecular weight excluding hydrogens is 284 g/mol. The van der Waals surface area contributed by atoms with Crippen LogP contribution in [-0.2, 0) is 0 Å². The Hall–Kier alpha value is -2.74. The predicted octanol–water partition coefficient (Wildman–Crippen LogP) is 5.68. The number of benzene rings is 4. The van der Waals surface area contributed by atoms with Gasteiger partial charge in [0.1, 0.15) is 11.5 Å². The molecule has 0 spiro atoms. The highest BCUT2D eigenvalue weighted by atomic mass is 16.3. The van der Waals surface area contributed by atoms with Crippen molar-refractivity contribution in [1.82, 2.24) is 0 Å². The fourth-order valence-corrected chi connectivity index (χ4v) is 3.54. The Morgan fingerprint density at radius 3 is 2.09 bits per heavy atom. The van der Waals surface area contributed by atoms with Crippen molar-refractivity contribution in [2.24, 2.45) is 0 Å². The van der Waals surface area contributed by atoms with Crippen molar-refractivity contribution in [1.29, 1.82) is 0 Å². The molecule has 0 fully saturated rings. The molecule has 0 amide bonds. The molecular formula is C21H18O2. The van der Waals surface area contributed by atoms with Crippen LogP contribution in [0.5, 0.6) is 11.5 Å². The van der Waals surface area contributed by atoms with E-state index in [-0.39, 0.29) is 11.5 Å². The smallest absolute Gasteiger partial charge is 0.127 e. The molecule has 0 radical (unpaired) electrons. The average molecular weight is 302 g/mol. The molecule has 4 aromatic carbocycles. The van der Waals surface area contributed by atoms with E-state index in [1.54, 1.807) is 12.1 Å². The zero-order valence-corrected chi connectivity index (χ0v) is 13.2. The number of hydrogen-bond donors (Lipinski definition) is 2. The van der Waals surface area contributed by atoms with E-state index in [1.165, 1.54) is 10.9 Å². The first-order valence-electron chi connectivity index (χ1n) is 7.87. The molecule has 0 aliphatic carbocycles. The van der Waals surface area contributed by atoms with Gasteiger partial charge in [0.2, 0.25) is 0 Å². The van der Waals surface area contributed by atoms with Gasteiger partial charge in [0.15, 0.2) is 0 Å². The minimum atomic E-state index is 0.109. The lowest BCUT2D eigenvalue weighted by Crippen LogP contribution is -1.90. The molecule has 0 saturated heterocycles. The van der Waals surface area contributed by atoms with Gasteiger partial charge in [-0.3, -0.25) is 0 Å². The quantitative estimate of drug-likeness (QED) is 0.444. The maximum Gasteiger partial charge on any atom is 0.127 e. The molecule has 114 valence electrons. The van der Waals surface area contributed by atoms with E-state index in [0.29, 0.717) is 11.3 Å². The molecule has 0 heterocycles. The van der Waals surface area contributed by atoms with Crippen molar-refractivity contribution in [3.63, 3.8) is 0 Å². The van der Waals surface area contributed by atoms with Crippen LogP contribution in [-0.4, -0.2) is 10.2 Å². The lowest BCUT2D eigenvalue weighted by Gasteiger charge is -2.14. The molecule has 2 heteroatoms. The molecule has 0 saturated carbocycles. The van der Waals surface area contributed by atoms with Gasteiger partial charge in [-0.25, -0.2) is 0 Å². The SMILES string of the molecule is CC(C)c1cccc2c1ccc1c3cccc(O)c3c(O)cc21. The Balaban J connectivity index is 2.24. The summed E-state index contributed by atoms with van der Waals surface area (Å²) in [6.45, 7) is 4.38. The van der Waals surface area contributed by atoms with Gasteiger partial charge in [0.05, 0.1) is 5.39 Å². The first kappa shape index (κ1) is 13.9. The number of fused-ring (bicyclic) bond motifs is 5. The highest BCUT2D eigenvalue weighted by Crippen LogP contribution is 2.41. The van der Waals surface area contributed by atoms with E-state index in [0.717, 1.165) is 21.5 Å². The Morgan fingerprint density at radius 2 is 1.30 bits per heavy atom. The number of rotatable bonds is 1. The maximum atomic E-state index is 10.4. The molecule has 0 aliphatic rings. The number of aromatic hydroxyl groups is 2. The van der Waals surface area contributed by atoms with Crippen LogP contribution >= 0.6 is 0 Å². The fraction of sp³-hybridized carbons (Fsp3) is 0.143. The van der Waals surface area contributed by atoms with Gasteiger partial charge in [-0.15, -0.1) is 0 Å². The fourth-order valence-electron chi connectivity index (χ4n) is 3.54. The minimum absolute atomic E-state index is 0.109. The van der Waals surface area contributed by atoms with E-state index in [9.17, 15) is 10.2 Å². The van der Waals surface area contributed by atoms with Crippen LogP contribution in [0.25, 0.3) is 32.3 Å². The summed E-state index contributed by atoms with van der Waals surface area (Å²) >= 11 is 0. The van der Waals surface area contributed by atoms with E-state index >= 15 is 0 Å². The second-order valence-electron chi connectivity index (χ2n) is 6.35. The van der Waals surface area contributed by atoms with Crippen molar-refractivity contribution < 1.29 is 10.2 Å². The van der Waals surface area contributed by atoms with Crippen molar-refractivity contribution in [2.45, 2.75) is 19.8 Å². The van der Waals surface area contributed by atoms with E-state index in [4.69, 9.17) is 0 Å². The van der Waals surface area contributed by atoms with Crippen LogP contribution in [0.4, 0.5) is 0 Å². The lowest BCUT2D eigenvalue weighted by molar-refractivity contribution is 0.464. The van der Waals surface area contributed by atoms with E-state index in [1.807, 2.05) is 12.1 Å². The van der Waals surface area contributed by atoms with Crippen molar-refractivity contribution >= 4 is 32.3 Å². The third-order valence-electron chi connectivity index (χ3n) is 4.63. The molecule has 2 nitrogen and oxygen atoms in total. The molecule has 0 aliphatic heterocycles. The van der Waals surface area contributed by atoms with Crippen molar-refractivity contribution in [3.8, 4) is 11.5 Å². The molecule has 0 aromatic heterocycles. The Kier molecular flexibility index (Phi) is 2.95. The summed E-state index contributed by atoms with van der Waals surface area (Å²) in [5.74, 6) is 0.667. The minimum Gasteiger partial charge on any atom is -0.507 e. The van der Waals surface area contributed by atoms with Crippen LogP contribution in [0, 0.1) is 0 Å². The van der Waals surface area contributed by atoms with Crippen LogP contribution in [0.1, 0.15) is 25.3 Å². The normalized spacial score (nSPS) is 11.8. The first-order chi connectivity index (χ1) is 11.1. The lowest BCUT2D eigenvalue weighted by atomic mass is 9.91. The molecule has 0 unspecified atom stereocenters. The number of phenolic OH excluding ortho intramolecular Hbond substituents is 2. The molecule has 0 bridgehead atoms. The predicted molar refractivity (Wildman–Crippen MR) is 96.4 cm³/mol. The highest BCUT2D eigenvalue weighted by molar-refractivity contribution is 6.20. The van der Waals surface area contributed by atoms with Crippen molar-refractivity contribution in [2.75, 3.05) is 0 Å². The second kappa shape index (κ2) is 4.88. The van der Waals surface area contributed by atoms with Gasteiger partial charge in [-0.05, 0) is 50.5 Å². The van der Waals surface area contributed by atoms with Crippen molar-refractivity contribution in [3.05, 3.63) is 60.2 Å². The van der Waals surface area contributed by atoms with Gasteiger partial charge in [-0.1, -0.05) is 56.3 Å². The van der Waals surface area contributed by atoms with E-state index < -0.39 is 0 Å². The molecule has 0 atom stereocenters. The van der Waals surface area contributed by atoms with Gasteiger partial charge >= 0.3 is 0 Å². The molecule has 2 N–H and O–H groups in total. The van der Waals surface area contributed by atoms with Gasteiger partial charge in [0, 0.05) is 0 Å². The Labute approximate surface area is 134 Å². The molecule has 23 heavy (non-hydrogen) atoms. The summed E-state index contributed by atoms with van der Waals surface area (Å²) in [6.07, 6.45) is 0. The zero-order valence-electron chi connectivity index (χ0n) is 13.2. The average Bonchev–Trinajstić information content (AvgIpc) is 2.54. The maximum absolute atomic E-state index is 10.4. The van der Waals surface area contributed by atoms with Gasteiger partial charge < -0.3 is 10.2 Å². The monoisotopic (exact) mass is 302 g/mol. The van der Waals surface area contributed by atoms with Crippen LogP contribution in [0.3, 0.4) is 0 Å². The van der Waals surface area contributed by atoms with Gasteiger partial charge in [-0.2, -0.15) is 0 Å². The second-order valence-corrected chi connectivity index (χ2v) is 6.35. The standard InChI is InChI=1S/C21H18O2/c1-12(2)13-5-3-6-14-15(13)9-10-16-17-7-4-8-19(22)21(17)20(23)11-18(14)16/h3-12,22-23H,1-2H3. The summed E-state index contributed by atoms with van der Waals surface area (Å²) in [7, 11) is 0. The number of phenols is 2. The Morgan fingerprint density at radius 1 is 0.652 bits per heavy atom. The summed E-state index contributed by atoms with van der Waals surface area (Å²) in [6, 6.07) is 17.7. The third-order valence-corrected chi connectivity index (χ3v) is 4.63. The topological polar surface area (TPSA) is 40.5 Å². The van der Waals surface area contributed by atoms with Crippen LogP contribution in [0.2, 0.25) is 0 Å². The molecule has 4 aromatic rings. The molecule has 4 rings (SSSR count). The largest absolute Gasteiger partial charge is 0.507 e. The number of hydrogen-bond acceptors (Lipinski definition) is 2.